The summed E-state index contributed by atoms with van der Waals surface area (Å²) in [5, 5.41) is 19.1. The first-order valence-corrected chi connectivity index (χ1v) is 5.11. The topological polar surface area (TPSA) is 82.0 Å². The van der Waals surface area contributed by atoms with Gasteiger partial charge in [0.25, 0.3) is 0 Å². The van der Waals surface area contributed by atoms with Crippen molar-refractivity contribution in [1.29, 1.82) is 0 Å². The summed E-state index contributed by atoms with van der Waals surface area (Å²) in [4.78, 5) is 10.9. The Kier molecular flexibility index (Phi) is 2.90. The van der Waals surface area contributed by atoms with Crippen molar-refractivity contribution < 1.29 is 10.2 Å². The largest absolute Gasteiger partial charge is 0.389 e. The van der Waals surface area contributed by atoms with E-state index in [1.165, 1.54) is 12.5 Å². The first-order chi connectivity index (χ1) is 7.22. The molecule has 80 valence electrons. The Bertz CT molecular complexity index is 459. The van der Waals surface area contributed by atoms with Crippen molar-refractivity contribution in [2.75, 3.05) is 5.75 Å². The number of hydrogen-bond donors (Lipinski definition) is 4. The number of H-pyrrole nitrogens is 1. The van der Waals surface area contributed by atoms with Gasteiger partial charge in [-0.25, -0.2) is 9.97 Å². The number of aromatic nitrogens is 3. The third kappa shape index (κ3) is 1.97. The second kappa shape index (κ2) is 4.18. The molecule has 0 aliphatic carbocycles. The highest BCUT2D eigenvalue weighted by Gasteiger charge is 2.17. The minimum atomic E-state index is -0.970. The normalized spacial score (nSPS) is 15.4. The summed E-state index contributed by atoms with van der Waals surface area (Å²) in [6.07, 6.45) is 1.17. The van der Waals surface area contributed by atoms with E-state index in [2.05, 4.69) is 27.6 Å². The van der Waals surface area contributed by atoms with Crippen molar-refractivity contribution in [3.63, 3.8) is 0 Å². The zero-order valence-electron chi connectivity index (χ0n) is 7.83. The average Bonchev–Trinajstić information content (AvgIpc) is 2.73. The van der Waals surface area contributed by atoms with E-state index in [9.17, 15) is 10.2 Å². The van der Waals surface area contributed by atoms with E-state index in [0.29, 0.717) is 11.2 Å². The summed E-state index contributed by atoms with van der Waals surface area (Å²) in [6.45, 7) is 0. The molecule has 2 unspecified atom stereocenters. The summed E-state index contributed by atoms with van der Waals surface area (Å²) < 4.78 is 0. The molecule has 0 aromatic carbocycles. The van der Waals surface area contributed by atoms with Gasteiger partial charge in [-0.05, 0) is 6.07 Å². The number of imidazole rings is 1. The van der Waals surface area contributed by atoms with Crippen LogP contribution in [-0.2, 0) is 0 Å². The van der Waals surface area contributed by atoms with Crippen LogP contribution in [0.1, 0.15) is 11.7 Å². The van der Waals surface area contributed by atoms with Gasteiger partial charge in [0.1, 0.15) is 6.10 Å². The monoisotopic (exact) mass is 225 g/mol. The lowest BCUT2D eigenvalue weighted by Crippen LogP contribution is -2.19. The van der Waals surface area contributed by atoms with E-state index in [4.69, 9.17) is 0 Å². The Morgan fingerprint density at radius 2 is 2.20 bits per heavy atom. The molecule has 15 heavy (non-hydrogen) atoms. The maximum absolute atomic E-state index is 9.71. The summed E-state index contributed by atoms with van der Waals surface area (Å²) in [5.74, 6) is 0.197. The van der Waals surface area contributed by atoms with Crippen LogP contribution in [0.3, 0.4) is 0 Å². The smallest absolute Gasteiger partial charge is 0.177 e. The fraction of sp³-hybridized carbons (Fsp3) is 0.333. The third-order valence-corrected chi connectivity index (χ3v) is 2.56. The van der Waals surface area contributed by atoms with Crippen LogP contribution in [0.2, 0.25) is 0 Å². The molecule has 0 saturated carbocycles. The Morgan fingerprint density at radius 3 is 2.93 bits per heavy atom. The molecule has 0 amide bonds. The van der Waals surface area contributed by atoms with Crippen molar-refractivity contribution in [2.45, 2.75) is 12.2 Å². The summed E-state index contributed by atoms with van der Waals surface area (Å²) in [5.41, 5.74) is 1.87. The summed E-state index contributed by atoms with van der Waals surface area (Å²) in [6, 6.07) is 1.71. The van der Waals surface area contributed by atoms with Crippen LogP contribution in [0, 0.1) is 0 Å². The number of pyridine rings is 1. The molecular weight excluding hydrogens is 214 g/mol. The molecule has 0 aliphatic rings. The molecule has 2 rings (SSSR count). The van der Waals surface area contributed by atoms with Gasteiger partial charge in [-0.15, -0.1) is 0 Å². The Hall–Kier alpha value is -1.11. The number of nitrogens with zero attached hydrogens (tertiary/aromatic N) is 2. The van der Waals surface area contributed by atoms with Gasteiger partial charge in [0, 0.05) is 17.5 Å². The van der Waals surface area contributed by atoms with Gasteiger partial charge in [-0.2, -0.15) is 12.6 Å². The summed E-state index contributed by atoms with van der Waals surface area (Å²) in [7, 11) is 0. The molecule has 2 aromatic heterocycles. The maximum atomic E-state index is 9.71. The van der Waals surface area contributed by atoms with Crippen molar-refractivity contribution in [1.82, 2.24) is 15.0 Å². The van der Waals surface area contributed by atoms with Gasteiger partial charge >= 0.3 is 0 Å². The average molecular weight is 225 g/mol. The van der Waals surface area contributed by atoms with Crippen LogP contribution in [0.5, 0.6) is 0 Å². The van der Waals surface area contributed by atoms with E-state index < -0.39 is 12.2 Å². The van der Waals surface area contributed by atoms with E-state index >= 15 is 0 Å². The number of fused-ring (bicyclic) bond motifs is 1. The summed E-state index contributed by atoms with van der Waals surface area (Å²) >= 11 is 3.92. The predicted octanol–water partition coefficient (Wildman–Crippen LogP) is 0.282. The third-order valence-electron chi connectivity index (χ3n) is 2.19. The van der Waals surface area contributed by atoms with Crippen molar-refractivity contribution in [2.24, 2.45) is 0 Å². The molecule has 0 spiro atoms. The lowest BCUT2D eigenvalue weighted by atomic mass is 10.1. The van der Waals surface area contributed by atoms with Gasteiger partial charge in [0.2, 0.25) is 0 Å². The molecule has 2 atom stereocenters. The fourth-order valence-corrected chi connectivity index (χ4v) is 1.53. The van der Waals surface area contributed by atoms with Gasteiger partial charge < -0.3 is 15.2 Å². The molecular formula is C9H11N3O2S. The zero-order chi connectivity index (χ0) is 10.8. The maximum Gasteiger partial charge on any atom is 0.177 e. The second-order valence-electron chi connectivity index (χ2n) is 3.24. The van der Waals surface area contributed by atoms with Crippen LogP contribution in [0.25, 0.3) is 11.2 Å². The van der Waals surface area contributed by atoms with Crippen LogP contribution >= 0.6 is 12.6 Å². The number of aliphatic hydroxyl groups excluding tert-OH is 2. The molecule has 0 saturated heterocycles. The van der Waals surface area contributed by atoms with Crippen LogP contribution in [0.15, 0.2) is 18.6 Å². The molecule has 5 nitrogen and oxygen atoms in total. The van der Waals surface area contributed by atoms with E-state index in [1.54, 1.807) is 6.07 Å². The zero-order valence-corrected chi connectivity index (χ0v) is 8.72. The van der Waals surface area contributed by atoms with Crippen molar-refractivity contribution in [3.05, 3.63) is 24.2 Å². The van der Waals surface area contributed by atoms with Crippen molar-refractivity contribution in [3.8, 4) is 0 Å². The first kappa shape index (κ1) is 10.4. The number of hydrogen-bond acceptors (Lipinski definition) is 5. The lowest BCUT2D eigenvalue weighted by molar-refractivity contribution is 0.0336. The minimum Gasteiger partial charge on any atom is -0.389 e. The van der Waals surface area contributed by atoms with Crippen molar-refractivity contribution >= 4 is 23.8 Å². The van der Waals surface area contributed by atoms with E-state index in [-0.39, 0.29) is 5.75 Å². The predicted molar refractivity (Wildman–Crippen MR) is 58.7 cm³/mol. The molecule has 0 bridgehead atoms. The second-order valence-corrected chi connectivity index (χ2v) is 3.60. The highest BCUT2D eigenvalue weighted by molar-refractivity contribution is 7.80. The molecule has 0 aliphatic heterocycles. The molecule has 6 heteroatoms. The first-order valence-electron chi connectivity index (χ1n) is 4.48. The van der Waals surface area contributed by atoms with Gasteiger partial charge in [-0.1, -0.05) is 0 Å². The fourth-order valence-electron chi connectivity index (χ4n) is 1.33. The standard InChI is InChI=1S/C9H11N3O2S/c13-7(3-15)8(14)5-1-6-9(10-2-5)12-4-11-6/h1-2,4,7-8,13-15H,3H2,(H,10,11,12). The molecule has 0 fully saturated rings. The highest BCUT2D eigenvalue weighted by Crippen LogP contribution is 2.19. The van der Waals surface area contributed by atoms with Crippen LogP contribution in [0.4, 0.5) is 0 Å². The molecule has 2 aromatic rings. The number of aromatic amines is 1. The molecule has 3 N–H and O–H groups in total. The Morgan fingerprint density at radius 1 is 1.40 bits per heavy atom. The van der Waals surface area contributed by atoms with Crippen LogP contribution < -0.4 is 0 Å². The molecule has 0 radical (unpaired) electrons. The molecule has 2 heterocycles. The minimum absolute atomic E-state index is 0.197. The van der Waals surface area contributed by atoms with E-state index in [0.717, 1.165) is 5.52 Å². The number of nitrogens with one attached hydrogen (secondary N) is 1. The lowest BCUT2D eigenvalue weighted by Gasteiger charge is -2.15. The van der Waals surface area contributed by atoms with Gasteiger partial charge in [0.05, 0.1) is 17.9 Å². The number of thiol groups is 1. The SMILES string of the molecule is OC(CS)C(O)c1cnc2nc[nH]c2c1. The van der Waals surface area contributed by atoms with Gasteiger partial charge in [-0.3, -0.25) is 0 Å². The quantitative estimate of drug-likeness (QED) is 0.566. The number of rotatable bonds is 3. The van der Waals surface area contributed by atoms with Gasteiger partial charge in [0.15, 0.2) is 5.65 Å². The van der Waals surface area contributed by atoms with Crippen LogP contribution in [-0.4, -0.2) is 37.0 Å². The Balaban J connectivity index is 2.35. The highest BCUT2D eigenvalue weighted by atomic mass is 32.1. The Labute approximate surface area is 91.6 Å². The van der Waals surface area contributed by atoms with E-state index in [1.807, 2.05) is 0 Å². The number of aliphatic hydroxyl groups is 2.